The summed E-state index contributed by atoms with van der Waals surface area (Å²) in [6, 6.07) is 0. The average molecular weight is 569 g/mol. The van der Waals surface area contributed by atoms with Crippen LogP contribution in [0.3, 0.4) is 0 Å². The Labute approximate surface area is 255 Å². The quantitative estimate of drug-likeness (QED) is 0.0766. The number of carbonyl (C=O) groups is 1. The van der Waals surface area contributed by atoms with Crippen molar-refractivity contribution in [1.29, 1.82) is 0 Å². The summed E-state index contributed by atoms with van der Waals surface area (Å²) < 4.78 is 5.79. The lowest BCUT2D eigenvalue weighted by Gasteiger charge is -2.23. The second-order valence-corrected chi connectivity index (χ2v) is 14.5. The number of ketones is 1. The van der Waals surface area contributed by atoms with Crippen LogP contribution in [0.2, 0.25) is 0 Å². The molecule has 0 aliphatic heterocycles. The largest absolute Gasteiger partial charge is 0.381 e. The van der Waals surface area contributed by atoms with Gasteiger partial charge < -0.3 is 4.74 Å². The van der Waals surface area contributed by atoms with Crippen LogP contribution in [0.5, 0.6) is 0 Å². The molecule has 0 aromatic carbocycles. The average Bonchev–Trinajstić information content (AvgIpc) is 3.87. The van der Waals surface area contributed by atoms with E-state index in [1.54, 1.807) is 19.3 Å². The Morgan fingerprint density at radius 3 is 2.10 bits per heavy atom. The van der Waals surface area contributed by atoms with Crippen LogP contribution in [0.1, 0.15) is 162 Å². The molecule has 3 fully saturated rings. The Morgan fingerprint density at radius 1 is 0.780 bits per heavy atom. The van der Waals surface area contributed by atoms with Gasteiger partial charge in [0.15, 0.2) is 0 Å². The van der Waals surface area contributed by atoms with Gasteiger partial charge in [-0.05, 0) is 106 Å². The van der Waals surface area contributed by atoms with E-state index >= 15 is 0 Å². The molecule has 3 aliphatic rings. The summed E-state index contributed by atoms with van der Waals surface area (Å²) in [5.41, 5.74) is 0. The smallest absolute Gasteiger partial charge is 0.133 e. The van der Waals surface area contributed by atoms with Crippen molar-refractivity contribution in [2.45, 2.75) is 168 Å². The van der Waals surface area contributed by atoms with Crippen molar-refractivity contribution in [1.82, 2.24) is 0 Å². The summed E-state index contributed by atoms with van der Waals surface area (Å²) in [7, 11) is 1.84. The normalized spacial score (nSPS) is 29.7. The lowest BCUT2D eigenvalue weighted by Crippen LogP contribution is -2.19. The lowest BCUT2D eigenvalue weighted by molar-refractivity contribution is -0.121. The molecular formula is C39H68O2. The van der Waals surface area contributed by atoms with Gasteiger partial charge in [-0.2, -0.15) is 0 Å². The zero-order chi connectivity index (χ0) is 29.3. The highest BCUT2D eigenvalue weighted by atomic mass is 16.5. The summed E-state index contributed by atoms with van der Waals surface area (Å²) >= 11 is 0. The number of rotatable bonds is 26. The maximum atomic E-state index is 12.9. The molecule has 236 valence electrons. The molecule has 0 bridgehead atoms. The standard InChI is InChI=1S/C39H68O2/c1-5-8-14-19-32-27-35(32)29-36-28-33(36)20-16-12-10-11-13-17-21-38(41-4)26-25-37(40)30-34-24-23-31(18-7-3)39(34)22-15-9-6-2/h7,9,15,31-36,38-39H,3,5-6,8,10-14,16-30H2,1-2,4H3/b15-9-. The topological polar surface area (TPSA) is 26.3 Å². The first kappa shape index (κ1) is 34.6. The summed E-state index contributed by atoms with van der Waals surface area (Å²) in [4.78, 5) is 12.9. The van der Waals surface area contributed by atoms with Gasteiger partial charge in [0.2, 0.25) is 0 Å². The highest BCUT2D eigenvalue weighted by molar-refractivity contribution is 5.78. The summed E-state index contributed by atoms with van der Waals surface area (Å²) in [6.45, 7) is 8.50. The maximum Gasteiger partial charge on any atom is 0.133 e. The Kier molecular flexibility index (Phi) is 17.0. The van der Waals surface area contributed by atoms with Crippen molar-refractivity contribution in [2.75, 3.05) is 7.11 Å². The van der Waals surface area contributed by atoms with Gasteiger partial charge in [-0.1, -0.05) is 103 Å². The molecular weight excluding hydrogens is 500 g/mol. The molecule has 0 aromatic rings. The second kappa shape index (κ2) is 20.1. The third-order valence-corrected chi connectivity index (χ3v) is 11.2. The molecule has 8 unspecified atom stereocenters. The molecule has 0 saturated heterocycles. The fraction of sp³-hybridized carbons (Fsp3) is 0.872. The minimum atomic E-state index is 0.254. The molecule has 0 heterocycles. The molecule has 0 N–H and O–H groups in total. The first-order valence-corrected chi connectivity index (χ1v) is 18.4. The van der Waals surface area contributed by atoms with E-state index in [4.69, 9.17) is 4.74 Å². The van der Waals surface area contributed by atoms with Crippen molar-refractivity contribution in [3.63, 3.8) is 0 Å². The lowest BCUT2D eigenvalue weighted by atomic mass is 9.82. The van der Waals surface area contributed by atoms with Crippen molar-refractivity contribution in [2.24, 2.45) is 41.4 Å². The third kappa shape index (κ3) is 13.5. The van der Waals surface area contributed by atoms with Crippen LogP contribution < -0.4 is 0 Å². The number of allylic oxidation sites excluding steroid dienone is 3. The molecule has 2 heteroatoms. The minimum Gasteiger partial charge on any atom is -0.381 e. The highest BCUT2D eigenvalue weighted by Gasteiger charge is 2.44. The van der Waals surface area contributed by atoms with Gasteiger partial charge >= 0.3 is 0 Å². The molecule has 8 atom stereocenters. The van der Waals surface area contributed by atoms with E-state index in [1.165, 1.54) is 83.5 Å². The van der Waals surface area contributed by atoms with Crippen LogP contribution in [-0.4, -0.2) is 19.0 Å². The highest BCUT2D eigenvalue weighted by Crippen LogP contribution is 2.54. The van der Waals surface area contributed by atoms with Crippen molar-refractivity contribution in [3.05, 3.63) is 24.8 Å². The molecule has 3 aliphatic carbocycles. The van der Waals surface area contributed by atoms with Crippen LogP contribution in [0.25, 0.3) is 0 Å². The Bertz CT molecular complexity index is 740. The van der Waals surface area contributed by atoms with E-state index in [9.17, 15) is 4.79 Å². The fourth-order valence-corrected chi connectivity index (χ4v) is 8.34. The summed E-state index contributed by atoms with van der Waals surface area (Å²) in [5.74, 6) is 6.80. The third-order valence-electron chi connectivity index (χ3n) is 11.2. The minimum absolute atomic E-state index is 0.254. The number of ether oxygens (including phenoxy) is 1. The van der Waals surface area contributed by atoms with E-state index in [0.717, 1.165) is 62.2 Å². The van der Waals surface area contributed by atoms with Gasteiger partial charge in [0.1, 0.15) is 5.78 Å². The number of hydrogen-bond donors (Lipinski definition) is 0. The Hall–Kier alpha value is -0.890. The van der Waals surface area contributed by atoms with Gasteiger partial charge in [0.05, 0.1) is 6.10 Å². The van der Waals surface area contributed by atoms with E-state index < -0.39 is 0 Å². The first-order valence-electron chi connectivity index (χ1n) is 18.4. The molecule has 0 amide bonds. The predicted molar refractivity (Wildman–Crippen MR) is 177 cm³/mol. The van der Waals surface area contributed by atoms with Crippen LogP contribution >= 0.6 is 0 Å². The summed E-state index contributed by atoms with van der Waals surface area (Å²) in [5, 5.41) is 0. The predicted octanol–water partition coefficient (Wildman–Crippen LogP) is 11.7. The SMILES string of the molecule is C=CCC1CCC(CC(=O)CCC(CCCCCCCCC2CC2CC2CC2CCCCC)OC)C1C/C=C\CC. The second-order valence-electron chi connectivity index (χ2n) is 14.5. The summed E-state index contributed by atoms with van der Waals surface area (Å²) in [6.07, 6.45) is 36.5. The fourth-order valence-electron chi connectivity index (χ4n) is 8.34. The molecule has 41 heavy (non-hydrogen) atoms. The number of methoxy groups -OCH3 is 1. The Balaban J connectivity index is 1.16. The van der Waals surface area contributed by atoms with Gasteiger partial charge in [0, 0.05) is 20.0 Å². The van der Waals surface area contributed by atoms with Crippen molar-refractivity contribution < 1.29 is 9.53 Å². The molecule has 3 saturated carbocycles. The van der Waals surface area contributed by atoms with Gasteiger partial charge in [-0.3, -0.25) is 4.79 Å². The Morgan fingerprint density at radius 2 is 1.44 bits per heavy atom. The van der Waals surface area contributed by atoms with Gasteiger partial charge in [-0.25, -0.2) is 0 Å². The van der Waals surface area contributed by atoms with Crippen LogP contribution in [0.4, 0.5) is 0 Å². The van der Waals surface area contributed by atoms with Gasteiger partial charge in [-0.15, -0.1) is 6.58 Å². The zero-order valence-corrected chi connectivity index (χ0v) is 27.6. The van der Waals surface area contributed by atoms with E-state index in [1.807, 2.05) is 7.11 Å². The van der Waals surface area contributed by atoms with Crippen molar-refractivity contribution in [3.8, 4) is 0 Å². The number of unbranched alkanes of at least 4 members (excludes halogenated alkanes) is 7. The molecule has 0 aromatic heterocycles. The van der Waals surface area contributed by atoms with Crippen LogP contribution in [0.15, 0.2) is 24.8 Å². The van der Waals surface area contributed by atoms with Crippen LogP contribution in [-0.2, 0) is 9.53 Å². The molecule has 0 spiro atoms. The molecule has 0 radical (unpaired) electrons. The van der Waals surface area contributed by atoms with Crippen molar-refractivity contribution >= 4 is 5.78 Å². The number of Topliss-reactive ketones (excluding diaryl/α,β-unsaturated/α-hetero) is 1. The first-order chi connectivity index (χ1) is 20.1. The number of carbonyl (C=O) groups excluding carboxylic acids is 1. The van der Waals surface area contributed by atoms with Gasteiger partial charge in [0.25, 0.3) is 0 Å². The monoisotopic (exact) mass is 569 g/mol. The van der Waals surface area contributed by atoms with E-state index in [2.05, 4.69) is 38.7 Å². The maximum absolute atomic E-state index is 12.9. The van der Waals surface area contributed by atoms with E-state index in [0.29, 0.717) is 30.0 Å². The van der Waals surface area contributed by atoms with E-state index in [-0.39, 0.29) is 6.10 Å². The molecule has 3 rings (SSSR count). The zero-order valence-electron chi connectivity index (χ0n) is 27.6. The van der Waals surface area contributed by atoms with Crippen LogP contribution in [0, 0.1) is 41.4 Å². The number of hydrogen-bond acceptors (Lipinski definition) is 2. The molecule has 2 nitrogen and oxygen atoms in total.